The van der Waals surface area contributed by atoms with Gasteiger partial charge in [0.2, 0.25) is 11.8 Å². The predicted molar refractivity (Wildman–Crippen MR) is 96.0 cm³/mol. The van der Waals surface area contributed by atoms with Crippen LogP contribution >= 0.6 is 0 Å². The third-order valence-electron chi connectivity index (χ3n) is 5.85. The topological polar surface area (TPSA) is 86.7 Å². The number of nitrogens with zero attached hydrogens (tertiary/aromatic N) is 1. The number of benzene rings is 1. The highest BCUT2D eigenvalue weighted by molar-refractivity contribution is 5.91. The van der Waals surface area contributed by atoms with E-state index in [1.165, 1.54) is 0 Å². The van der Waals surface area contributed by atoms with E-state index in [2.05, 4.69) is 5.32 Å². The minimum Gasteiger partial charge on any atom is -0.481 e. The predicted octanol–water partition coefficient (Wildman–Crippen LogP) is 1.90. The van der Waals surface area contributed by atoms with Gasteiger partial charge in [-0.2, -0.15) is 0 Å². The highest BCUT2D eigenvalue weighted by atomic mass is 16.4. The molecule has 2 atom stereocenters. The zero-order valence-corrected chi connectivity index (χ0v) is 15.3. The second kappa shape index (κ2) is 7.09. The summed E-state index contributed by atoms with van der Waals surface area (Å²) in [6, 6.07) is 9.76. The number of carbonyl (C=O) groups excluding carboxylic acids is 2. The molecule has 2 N–H and O–H groups in total. The van der Waals surface area contributed by atoms with Crippen molar-refractivity contribution in [2.75, 3.05) is 13.1 Å². The van der Waals surface area contributed by atoms with Crippen molar-refractivity contribution in [3.05, 3.63) is 35.9 Å². The lowest BCUT2D eigenvalue weighted by Crippen LogP contribution is -2.44. The fraction of sp³-hybridized carbons (Fsp3) is 0.550. The van der Waals surface area contributed by atoms with Crippen molar-refractivity contribution in [3.8, 4) is 0 Å². The van der Waals surface area contributed by atoms with Gasteiger partial charge in [-0.25, -0.2) is 0 Å². The Labute approximate surface area is 153 Å². The number of carbonyl (C=O) groups is 3. The Morgan fingerprint density at radius 3 is 2.27 bits per heavy atom. The molecule has 6 nitrogen and oxygen atoms in total. The minimum atomic E-state index is -0.900. The van der Waals surface area contributed by atoms with Crippen molar-refractivity contribution in [2.45, 2.75) is 33.2 Å². The summed E-state index contributed by atoms with van der Waals surface area (Å²) in [7, 11) is 0. The number of carboxylic acid groups (broad SMARTS) is 1. The fourth-order valence-corrected chi connectivity index (χ4v) is 4.05. The van der Waals surface area contributed by atoms with Crippen molar-refractivity contribution < 1.29 is 19.5 Å². The van der Waals surface area contributed by atoms with Crippen LogP contribution in [0.3, 0.4) is 0 Å². The molecule has 1 saturated carbocycles. The number of hydrogen-bond donors (Lipinski definition) is 2. The Hall–Kier alpha value is -2.37. The minimum absolute atomic E-state index is 0.0242. The first-order chi connectivity index (χ1) is 12.3. The number of nitrogens with one attached hydrogen (secondary N) is 1. The summed E-state index contributed by atoms with van der Waals surface area (Å²) in [4.78, 5) is 38.0. The van der Waals surface area contributed by atoms with E-state index in [0.29, 0.717) is 32.5 Å². The van der Waals surface area contributed by atoms with Crippen LogP contribution in [0.4, 0.5) is 0 Å². The molecule has 3 rings (SSSR count). The van der Waals surface area contributed by atoms with Crippen LogP contribution in [0.1, 0.15) is 32.3 Å². The second-order valence-electron chi connectivity index (χ2n) is 7.92. The Bertz CT molecular complexity index is 693. The van der Waals surface area contributed by atoms with Gasteiger partial charge in [0.15, 0.2) is 0 Å². The van der Waals surface area contributed by atoms with Gasteiger partial charge in [-0.1, -0.05) is 44.2 Å². The van der Waals surface area contributed by atoms with Crippen molar-refractivity contribution in [2.24, 2.45) is 23.2 Å². The maximum absolute atomic E-state index is 12.6. The Morgan fingerprint density at radius 2 is 1.73 bits per heavy atom. The molecule has 140 valence electrons. The van der Waals surface area contributed by atoms with Gasteiger partial charge in [0.1, 0.15) is 0 Å². The van der Waals surface area contributed by atoms with E-state index in [1.807, 2.05) is 44.2 Å². The zero-order valence-electron chi connectivity index (χ0n) is 15.3. The van der Waals surface area contributed by atoms with Gasteiger partial charge in [0.05, 0.1) is 11.8 Å². The van der Waals surface area contributed by atoms with Crippen molar-refractivity contribution in [3.63, 3.8) is 0 Å². The second-order valence-corrected chi connectivity index (χ2v) is 7.92. The molecule has 6 heteroatoms. The van der Waals surface area contributed by atoms with Crippen LogP contribution in [0.2, 0.25) is 0 Å². The molecule has 0 unspecified atom stereocenters. The Kier molecular flexibility index (Phi) is 5.03. The molecule has 2 fully saturated rings. The molecule has 1 aromatic rings. The maximum Gasteiger partial charge on any atom is 0.307 e. The fourth-order valence-electron chi connectivity index (χ4n) is 4.05. The summed E-state index contributed by atoms with van der Waals surface area (Å²) in [5.41, 5.74) is 0.580. The van der Waals surface area contributed by atoms with Gasteiger partial charge < -0.3 is 15.3 Å². The lowest BCUT2D eigenvalue weighted by Gasteiger charge is -2.32. The van der Waals surface area contributed by atoms with Crippen LogP contribution < -0.4 is 5.32 Å². The molecule has 1 saturated heterocycles. The van der Waals surface area contributed by atoms with Gasteiger partial charge >= 0.3 is 5.97 Å². The lowest BCUT2D eigenvalue weighted by atomic mass is 9.95. The zero-order chi connectivity index (χ0) is 18.9. The summed E-state index contributed by atoms with van der Waals surface area (Å²) in [6.45, 7) is 5.20. The van der Waals surface area contributed by atoms with Crippen LogP contribution in [0, 0.1) is 23.2 Å². The van der Waals surface area contributed by atoms with Crippen LogP contribution in [0.25, 0.3) is 0 Å². The standard InChI is InChI=1S/C20H26N2O4/c1-20(2)15(16(20)19(25)26)18(24)22-10-8-14(9-11-22)17(23)21-12-13-6-4-3-5-7-13/h3-7,14-16H,8-12H2,1-2H3,(H,21,23)(H,25,26)/t15-,16+/m1/s1. The highest BCUT2D eigenvalue weighted by Crippen LogP contribution is 2.59. The number of aliphatic carboxylic acids is 1. The molecule has 2 aliphatic rings. The largest absolute Gasteiger partial charge is 0.481 e. The number of amides is 2. The molecule has 0 aromatic heterocycles. The first-order valence-electron chi connectivity index (χ1n) is 9.15. The van der Waals surface area contributed by atoms with E-state index < -0.39 is 23.2 Å². The number of rotatable bonds is 5. The molecule has 1 aliphatic carbocycles. The molecule has 2 amide bonds. The highest BCUT2D eigenvalue weighted by Gasteiger charge is 2.66. The van der Waals surface area contributed by atoms with E-state index in [4.69, 9.17) is 0 Å². The van der Waals surface area contributed by atoms with Crippen molar-refractivity contribution in [1.82, 2.24) is 10.2 Å². The van der Waals surface area contributed by atoms with Crippen LogP contribution in [-0.2, 0) is 20.9 Å². The first kappa shape index (κ1) is 18.4. The number of piperidine rings is 1. The van der Waals surface area contributed by atoms with Crippen LogP contribution in [0.15, 0.2) is 30.3 Å². The molecule has 26 heavy (non-hydrogen) atoms. The van der Waals surface area contributed by atoms with E-state index in [9.17, 15) is 19.5 Å². The molecular weight excluding hydrogens is 332 g/mol. The van der Waals surface area contributed by atoms with Gasteiger partial charge in [-0.15, -0.1) is 0 Å². The quantitative estimate of drug-likeness (QED) is 0.842. The molecule has 0 radical (unpaired) electrons. The third kappa shape index (κ3) is 3.59. The smallest absolute Gasteiger partial charge is 0.307 e. The average molecular weight is 358 g/mol. The molecule has 1 aromatic carbocycles. The monoisotopic (exact) mass is 358 g/mol. The van der Waals surface area contributed by atoms with E-state index in [0.717, 1.165) is 5.56 Å². The normalized spacial score (nSPS) is 24.8. The summed E-state index contributed by atoms with van der Waals surface area (Å²) < 4.78 is 0. The first-order valence-corrected chi connectivity index (χ1v) is 9.15. The summed E-state index contributed by atoms with van der Waals surface area (Å²) in [6.07, 6.45) is 1.24. The molecule has 1 heterocycles. The third-order valence-corrected chi connectivity index (χ3v) is 5.85. The van der Waals surface area contributed by atoms with E-state index >= 15 is 0 Å². The lowest BCUT2D eigenvalue weighted by molar-refractivity contribution is -0.142. The SMILES string of the molecule is CC1(C)[C@H](C(=O)O)[C@@H]1C(=O)N1CCC(C(=O)NCc2ccccc2)CC1. The number of hydrogen-bond acceptors (Lipinski definition) is 3. The average Bonchev–Trinajstić information content (AvgIpc) is 3.22. The molecular formula is C20H26N2O4. The van der Waals surface area contributed by atoms with Gasteiger partial charge in [-0.3, -0.25) is 14.4 Å². The van der Waals surface area contributed by atoms with Gasteiger partial charge in [-0.05, 0) is 23.8 Å². The molecule has 1 aliphatic heterocycles. The number of likely N-dealkylation sites (tertiary alicyclic amines) is 1. The van der Waals surface area contributed by atoms with Crippen LogP contribution in [-0.4, -0.2) is 40.9 Å². The van der Waals surface area contributed by atoms with Crippen LogP contribution in [0.5, 0.6) is 0 Å². The number of carboxylic acids is 1. The Morgan fingerprint density at radius 1 is 1.12 bits per heavy atom. The van der Waals surface area contributed by atoms with E-state index in [1.54, 1.807) is 4.90 Å². The van der Waals surface area contributed by atoms with Crippen molar-refractivity contribution >= 4 is 17.8 Å². The summed E-state index contributed by atoms with van der Waals surface area (Å²) in [5.74, 6) is -2.08. The van der Waals surface area contributed by atoms with Gasteiger partial charge in [0, 0.05) is 25.6 Å². The van der Waals surface area contributed by atoms with E-state index in [-0.39, 0.29) is 17.7 Å². The Balaban J connectivity index is 1.47. The summed E-state index contributed by atoms with van der Waals surface area (Å²) in [5, 5.41) is 12.2. The maximum atomic E-state index is 12.6. The molecule has 0 spiro atoms. The summed E-state index contributed by atoms with van der Waals surface area (Å²) >= 11 is 0. The van der Waals surface area contributed by atoms with Gasteiger partial charge in [0.25, 0.3) is 0 Å². The van der Waals surface area contributed by atoms with Crippen molar-refractivity contribution in [1.29, 1.82) is 0 Å². The molecule has 0 bridgehead atoms.